The lowest BCUT2D eigenvalue weighted by Gasteiger charge is -2.09. The van der Waals surface area contributed by atoms with E-state index >= 15 is 0 Å². The number of hydrogen-bond donors (Lipinski definition) is 1. The second-order valence-corrected chi connectivity index (χ2v) is 5.00. The third kappa shape index (κ3) is 4.64. The van der Waals surface area contributed by atoms with Crippen LogP contribution in [0, 0.1) is 17.7 Å². The van der Waals surface area contributed by atoms with Crippen LogP contribution in [0.2, 0.25) is 10.0 Å². The zero-order valence-electron chi connectivity index (χ0n) is 10.9. The highest BCUT2D eigenvalue weighted by molar-refractivity contribution is 6.33. The lowest BCUT2D eigenvalue weighted by atomic mass is 10.2. The minimum Gasteiger partial charge on any atom is -0.489 e. The Kier molecular flexibility index (Phi) is 5.46. The number of benzene rings is 2. The molecule has 0 aromatic heterocycles. The van der Waals surface area contributed by atoms with Gasteiger partial charge in [-0.15, -0.1) is 0 Å². The van der Waals surface area contributed by atoms with Crippen LogP contribution in [-0.2, 0) is 6.61 Å². The van der Waals surface area contributed by atoms with E-state index in [-0.39, 0.29) is 13.2 Å². The summed E-state index contributed by atoms with van der Waals surface area (Å²) in [7, 11) is 0. The molecule has 2 rings (SSSR count). The molecule has 0 aliphatic heterocycles. The normalized spacial score (nSPS) is 9.90. The van der Waals surface area contributed by atoms with Crippen LogP contribution in [0.25, 0.3) is 0 Å². The maximum atomic E-state index is 13.5. The van der Waals surface area contributed by atoms with Crippen LogP contribution in [0.5, 0.6) is 5.75 Å². The summed E-state index contributed by atoms with van der Waals surface area (Å²) in [5, 5.41) is 9.72. The van der Waals surface area contributed by atoms with Gasteiger partial charge in [0.1, 0.15) is 24.8 Å². The zero-order chi connectivity index (χ0) is 15.2. The van der Waals surface area contributed by atoms with Crippen LogP contribution in [-0.4, -0.2) is 11.7 Å². The van der Waals surface area contributed by atoms with Crippen LogP contribution in [0.4, 0.5) is 4.39 Å². The first kappa shape index (κ1) is 15.7. The highest BCUT2D eigenvalue weighted by Gasteiger charge is 2.05. The molecule has 108 valence electrons. The van der Waals surface area contributed by atoms with Crippen molar-refractivity contribution in [3.8, 4) is 17.6 Å². The first-order chi connectivity index (χ1) is 10.1. The SMILES string of the molecule is OCC#Cc1cc(F)cc(OCc2cc(Cl)ccc2Cl)c1. The summed E-state index contributed by atoms with van der Waals surface area (Å²) in [6, 6.07) is 9.15. The molecule has 1 N–H and O–H groups in total. The third-order valence-electron chi connectivity index (χ3n) is 2.59. The van der Waals surface area contributed by atoms with Crippen molar-refractivity contribution in [3.05, 3.63) is 63.4 Å². The van der Waals surface area contributed by atoms with E-state index in [0.717, 1.165) is 0 Å². The predicted octanol–water partition coefficient (Wildman–Crippen LogP) is 4.06. The number of aliphatic hydroxyl groups is 1. The Bertz CT molecular complexity index is 705. The number of halogens is 3. The summed E-state index contributed by atoms with van der Waals surface area (Å²) in [6.45, 7) is -0.124. The molecule has 0 heterocycles. The minimum atomic E-state index is -0.466. The Morgan fingerprint density at radius 1 is 1.14 bits per heavy atom. The molecule has 5 heteroatoms. The van der Waals surface area contributed by atoms with E-state index in [0.29, 0.717) is 26.9 Å². The fourth-order valence-electron chi connectivity index (χ4n) is 1.67. The Morgan fingerprint density at radius 3 is 2.71 bits per heavy atom. The maximum Gasteiger partial charge on any atom is 0.128 e. The van der Waals surface area contributed by atoms with E-state index in [1.54, 1.807) is 24.3 Å². The van der Waals surface area contributed by atoms with Gasteiger partial charge in [0.2, 0.25) is 0 Å². The Hall–Kier alpha value is -1.73. The lowest BCUT2D eigenvalue weighted by molar-refractivity contribution is 0.304. The number of hydrogen-bond acceptors (Lipinski definition) is 2. The summed E-state index contributed by atoms with van der Waals surface area (Å²) < 4.78 is 19.0. The van der Waals surface area contributed by atoms with Crippen LogP contribution >= 0.6 is 23.2 Å². The van der Waals surface area contributed by atoms with Crippen molar-refractivity contribution in [1.82, 2.24) is 0 Å². The molecule has 0 radical (unpaired) electrons. The van der Waals surface area contributed by atoms with Gasteiger partial charge in [-0.05, 0) is 30.3 Å². The Labute approximate surface area is 132 Å². The molecule has 21 heavy (non-hydrogen) atoms. The quantitative estimate of drug-likeness (QED) is 0.863. The molecule has 2 aromatic carbocycles. The van der Waals surface area contributed by atoms with Crippen LogP contribution in [0.1, 0.15) is 11.1 Å². The topological polar surface area (TPSA) is 29.5 Å². The highest BCUT2D eigenvalue weighted by Crippen LogP contribution is 2.23. The molecule has 2 nitrogen and oxygen atoms in total. The van der Waals surface area contributed by atoms with Crippen LogP contribution < -0.4 is 4.74 Å². The second-order valence-electron chi connectivity index (χ2n) is 4.16. The molecule has 0 unspecified atom stereocenters. The standard InChI is InChI=1S/C16H11Cl2FO2/c17-13-3-4-16(18)12(8-13)10-21-15-7-11(2-1-5-20)6-14(19)9-15/h3-4,6-9,20H,5,10H2. The van der Waals surface area contributed by atoms with E-state index in [2.05, 4.69) is 11.8 Å². The van der Waals surface area contributed by atoms with Crippen molar-refractivity contribution in [1.29, 1.82) is 0 Å². The molecule has 0 fully saturated rings. The predicted molar refractivity (Wildman–Crippen MR) is 81.2 cm³/mol. The summed E-state index contributed by atoms with van der Waals surface area (Å²) in [5.74, 6) is 4.94. The van der Waals surface area contributed by atoms with Crippen molar-refractivity contribution >= 4 is 23.2 Å². The summed E-state index contributed by atoms with van der Waals surface area (Å²) in [5.41, 5.74) is 1.13. The van der Waals surface area contributed by atoms with Gasteiger partial charge in [0.05, 0.1) is 0 Å². The van der Waals surface area contributed by atoms with Gasteiger partial charge in [-0.3, -0.25) is 0 Å². The van der Waals surface area contributed by atoms with E-state index in [1.165, 1.54) is 12.1 Å². The van der Waals surface area contributed by atoms with E-state index < -0.39 is 5.82 Å². The average molecular weight is 325 g/mol. The van der Waals surface area contributed by atoms with Crippen molar-refractivity contribution in [2.24, 2.45) is 0 Å². The van der Waals surface area contributed by atoms with Crippen LogP contribution in [0.15, 0.2) is 36.4 Å². The molecule has 0 bridgehead atoms. The number of rotatable bonds is 3. The Morgan fingerprint density at radius 2 is 1.95 bits per heavy atom. The van der Waals surface area contributed by atoms with E-state index in [1.807, 2.05) is 0 Å². The third-order valence-corrected chi connectivity index (χ3v) is 3.19. The van der Waals surface area contributed by atoms with Gasteiger partial charge in [-0.25, -0.2) is 4.39 Å². The molecule has 0 saturated heterocycles. The van der Waals surface area contributed by atoms with Gasteiger partial charge in [-0.2, -0.15) is 0 Å². The zero-order valence-corrected chi connectivity index (χ0v) is 12.4. The van der Waals surface area contributed by atoms with Gasteiger partial charge in [0.25, 0.3) is 0 Å². The summed E-state index contributed by atoms with van der Waals surface area (Å²) >= 11 is 11.9. The Balaban J connectivity index is 2.16. The maximum absolute atomic E-state index is 13.5. The highest BCUT2D eigenvalue weighted by atomic mass is 35.5. The first-order valence-corrected chi connectivity index (χ1v) is 6.81. The number of ether oxygens (including phenoxy) is 1. The second kappa shape index (κ2) is 7.33. The molecule has 2 aromatic rings. The van der Waals surface area contributed by atoms with E-state index in [9.17, 15) is 4.39 Å². The molecule has 0 aliphatic carbocycles. The van der Waals surface area contributed by atoms with Crippen LogP contribution in [0.3, 0.4) is 0 Å². The molecule has 0 atom stereocenters. The van der Waals surface area contributed by atoms with Crippen molar-refractivity contribution in [2.45, 2.75) is 6.61 Å². The first-order valence-electron chi connectivity index (χ1n) is 6.05. The smallest absolute Gasteiger partial charge is 0.128 e. The van der Waals surface area contributed by atoms with Gasteiger partial charge in [-0.1, -0.05) is 35.0 Å². The largest absolute Gasteiger partial charge is 0.489 e. The van der Waals surface area contributed by atoms with Gasteiger partial charge >= 0.3 is 0 Å². The lowest BCUT2D eigenvalue weighted by Crippen LogP contribution is -1.97. The van der Waals surface area contributed by atoms with Gasteiger partial charge in [0, 0.05) is 27.2 Å². The van der Waals surface area contributed by atoms with Crippen molar-refractivity contribution < 1.29 is 14.2 Å². The van der Waals surface area contributed by atoms with Gasteiger partial charge < -0.3 is 9.84 Å². The molecule has 0 spiro atoms. The minimum absolute atomic E-state index is 0.162. The monoisotopic (exact) mass is 324 g/mol. The van der Waals surface area contributed by atoms with Gasteiger partial charge in [0.15, 0.2) is 0 Å². The molecule has 0 amide bonds. The molecule has 0 saturated carbocycles. The summed E-state index contributed by atoms with van der Waals surface area (Å²) in [6.07, 6.45) is 0. The number of aliphatic hydroxyl groups excluding tert-OH is 1. The summed E-state index contributed by atoms with van der Waals surface area (Å²) in [4.78, 5) is 0. The molecular formula is C16H11Cl2FO2. The van der Waals surface area contributed by atoms with E-state index in [4.69, 9.17) is 33.0 Å². The fourth-order valence-corrected chi connectivity index (χ4v) is 2.04. The molecule has 0 aliphatic rings. The molecular weight excluding hydrogens is 314 g/mol. The fraction of sp³-hybridized carbons (Fsp3) is 0.125. The average Bonchev–Trinajstić information content (AvgIpc) is 2.45. The van der Waals surface area contributed by atoms with Crippen molar-refractivity contribution in [2.75, 3.05) is 6.61 Å². The van der Waals surface area contributed by atoms with Crippen molar-refractivity contribution in [3.63, 3.8) is 0 Å².